The summed E-state index contributed by atoms with van der Waals surface area (Å²) in [5.74, 6) is 2.05. The molecule has 0 amide bonds. The highest BCUT2D eigenvalue weighted by Gasteiger charge is 2.14. The van der Waals surface area contributed by atoms with Crippen molar-refractivity contribution in [2.24, 2.45) is 0 Å². The second kappa shape index (κ2) is 8.36. The van der Waals surface area contributed by atoms with Crippen LogP contribution in [0.3, 0.4) is 0 Å². The van der Waals surface area contributed by atoms with E-state index < -0.39 is 0 Å². The first kappa shape index (κ1) is 19.0. The van der Waals surface area contributed by atoms with Gasteiger partial charge in [0, 0.05) is 16.6 Å². The number of hydrogen-bond acceptors (Lipinski definition) is 5. The van der Waals surface area contributed by atoms with Gasteiger partial charge in [0.15, 0.2) is 5.76 Å². The van der Waals surface area contributed by atoms with Gasteiger partial charge in [-0.2, -0.15) is 5.10 Å². The number of benzene rings is 2. The molecule has 0 spiro atoms. The Bertz CT molecular complexity index is 1090. The molecule has 144 valence electrons. The summed E-state index contributed by atoms with van der Waals surface area (Å²) in [6.45, 7) is 3.47. The lowest BCUT2D eigenvalue weighted by atomic mass is 10.1. The molecule has 0 N–H and O–H groups in total. The number of fused-ring (bicyclic) bond motifs is 1. The monoisotopic (exact) mass is 505 g/mol. The molecule has 0 atom stereocenters. The fourth-order valence-electron chi connectivity index (χ4n) is 2.89. The van der Waals surface area contributed by atoms with Gasteiger partial charge in [0.05, 0.1) is 23.8 Å². The number of ether oxygens (including phenoxy) is 2. The zero-order valence-electron chi connectivity index (χ0n) is 15.1. The molecular weight excluding hydrogens is 490 g/mol. The summed E-state index contributed by atoms with van der Waals surface area (Å²) in [6, 6.07) is 13.8. The Labute approximate surface area is 178 Å². The molecule has 28 heavy (non-hydrogen) atoms. The maximum Gasteiger partial charge on any atom is 0.212 e. The maximum atomic E-state index is 6.00. The Morgan fingerprint density at radius 2 is 1.96 bits per heavy atom. The summed E-state index contributed by atoms with van der Waals surface area (Å²) in [6.07, 6.45) is 1.59. The molecule has 6 nitrogen and oxygen atoms in total. The molecule has 2 heterocycles. The van der Waals surface area contributed by atoms with Gasteiger partial charge in [-0.3, -0.25) is 0 Å². The lowest BCUT2D eigenvalue weighted by Gasteiger charge is -2.12. The smallest absolute Gasteiger partial charge is 0.212 e. The first-order valence-electron chi connectivity index (χ1n) is 8.78. The molecular formula is C20H17Br2N3O3. The van der Waals surface area contributed by atoms with Crippen molar-refractivity contribution in [3.63, 3.8) is 0 Å². The van der Waals surface area contributed by atoms with Gasteiger partial charge in [0.2, 0.25) is 5.88 Å². The summed E-state index contributed by atoms with van der Waals surface area (Å²) >= 11 is 7.16. The van der Waals surface area contributed by atoms with Crippen LogP contribution >= 0.6 is 31.9 Å². The molecule has 0 aliphatic heterocycles. The van der Waals surface area contributed by atoms with Crippen LogP contribution in [-0.4, -0.2) is 28.2 Å². The zero-order valence-corrected chi connectivity index (χ0v) is 18.2. The van der Waals surface area contributed by atoms with E-state index >= 15 is 0 Å². The van der Waals surface area contributed by atoms with E-state index in [9.17, 15) is 0 Å². The van der Waals surface area contributed by atoms with E-state index in [0.29, 0.717) is 37.1 Å². The van der Waals surface area contributed by atoms with E-state index in [2.05, 4.69) is 54.2 Å². The summed E-state index contributed by atoms with van der Waals surface area (Å²) in [4.78, 5) is 0. The lowest BCUT2D eigenvalue weighted by Crippen LogP contribution is -2.11. The van der Waals surface area contributed by atoms with Crippen molar-refractivity contribution in [3.8, 4) is 23.1 Å². The van der Waals surface area contributed by atoms with Crippen LogP contribution in [0.4, 0.5) is 0 Å². The number of aromatic nitrogens is 3. The highest BCUT2D eigenvalue weighted by Crippen LogP contribution is 2.34. The Balaban J connectivity index is 1.50. The molecule has 0 fully saturated rings. The van der Waals surface area contributed by atoms with Gasteiger partial charge in [-0.25, -0.2) is 4.68 Å². The maximum absolute atomic E-state index is 6.00. The van der Waals surface area contributed by atoms with Crippen molar-refractivity contribution in [1.82, 2.24) is 14.9 Å². The fourth-order valence-corrected chi connectivity index (χ4v) is 3.88. The third-order valence-electron chi connectivity index (χ3n) is 4.17. The molecule has 0 aliphatic carbocycles. The predicted octanol–water partition coefficient (Wildman–Crippen LogP) is 5.69. The minimum absolute atomic E-state index is 0.443. The number of hydrogen-bond donors (Lipinski definition) is 0. The van der Waals surface area contributed by atoms with Gasteiger partial charge >= 0.3 is 0 Å². The molecule has 0 aliphatic rings. The normalized spacial score (nSPS) is 11.1. The molecule has 0 saturated heterocycles. The number of nitrogens with zero attached hydrogens (tertiary/aromatic N) is 3. The van der Waals surface area contributed by atoms with E-state index in [1.54, 1.807) is 16.9 Å². The van der Waals surface area contributed by atoms with Gasteiger partial charge in [-0.05, 0) is 51.8 Å². The second-order valence-electron chi connectivity index (χ2n) is 5.99. The van der Waals surface area contributed by atoms with E-state index in [1.807, 2.05) is 31.2 Å². The summed E-state index contributed by atoms with van der Waals surface area (Å²) in [5.41, 5.74) is 0.679. The molecule has 0 bridgehead atoms. The molecule has 4 rings (SSSR count). The Hall–Kier alpha value is -2.32. The first-order chi connectivity index (χ1) is 13.7. The average Bonchev–Trinajstić information content (AvgIpc) is 3.34. The van der Waals surface area contributed by atoms with Crippen molar-refractivity contribution < 1.29 is 14.0 Å². The average molecular weight is 507 g/mol. The van der Waals surface area contributed by atoms with Crippen LogP contribution in [0, 0.1) is 0 Å². The van der Waals surface area contributed by atoms with Gasteiger partial charge in [-0.1, -0.05) is 33.2 Å². The highest BCUT2D eigenvalue weighted by atomic mass is 79.9. The highest BCUT2D eigenvalue weighted by molar-refractivity contribution is 9.11. The molecule has 0 saturated carbocycles. The van der Waals surface area contributed by atoms with Gasteiger partial charge in [-0.15, -0.1) is 0 Å². The zero-order chi connectivity index (χ0) is 19.5. The second-order valence-corrected chi connectivity index (χ2v) is 7.70. The quantitative estimate of drug-likeness (QED) is 0.322. The Kier molecular flexibility index (Phi) is 5.68. The van der Waals surface area contributed by atoms with Crippen LogP contribution in [-0.2, 0) is 6.54 Å². The summed E-state index contributed by atoms with van der Waals surface area (Å²) in [7, 11) is 0. The predicted molar refractivity (Wildman–Crippen MR) is 114 cm³/mol. The minimum Gasteiger partial charge on any atom is -0.490 e. The molecule has 8 heteroatoms. The van der Waals surface area contributed by atoms with Crippen molar-refractivity contribution in [1.29, 1.82) is 0 Å². The summed E-state index contributed by atoms with van der Waals surface area (Å²) in [5, 5.41) is 10.5. The number of rotatable bonds is 7. The van der Waals surface area contributed by atoms with E-state index in [4.69, 9.17) is 14.0 Å². The molecule has 2 aromatic carbocycles. The molecule has 2 aromatic heterocycles. The molecule has 0 unspecified atom stereocenters. The van der Waals surface area contributed by atoms with E-state index in [1.165, 1.54) is 0 Å². The Morgan fingerprint density at radius 3 is 2.75 bits per heavy atom. The summed E-state index contributed by atoms with van der Waals surface area (Å²) < 4.78 is 20.6. The van der Waals surface area contributed by atoms with Crippen molar-refractivity contribution in [2.75, 3.05) is 13.2 Å². The topological polar surface area (TPSA) is 62.3 Å². The van der Waals surface area contributed by atoms with Crippen molar-refractivity contribution in [2.45, 2.75) is 13.5 Å². The Morgan fingerprint density at radius 1 is 1.07 bits per heavy atom. The van der Waals surface area contributed by atoms with E-state index in [-0.39, 0.29) is 0 Å². The third-order valence-corrected chi connectivity index (χ3v) is 5.48. The largest absolute Gasteiger partial charge is 0.490 e. The van der Waals surface area contributed by atoms with E-state index in [0.717, 1.165) is 25.5 Å². The van der Waals surface area contributed by atoms with Crippen molar-refractivity contribution >= 4 is 42.6 Å². The van der Waals surface area contributed by atoms with Crippen LogP contribution < -0.4 is 9.47 Å². The van der Waals surface area contributed by atoms with Gasteiger partial charge < -0.3 is 14.0 Å². The van der Waals surface area contributed by atoms with Crippen LogP contribution in [0.25, 0.3) is 22.2 Å². The SMILES string of the molecule is CCOc1cc(-c2ccno2)nn1CCOc1ccc2cc(Br)ccc2c1Br. The first-order valence-corrected chi connectivity index (χ1v) is 10.4. The standard InChI is InChI=1S/C20H17Br2N3O3/c1-2-26-19-12-16(17-7-8-23-28-17)24-25(19)9-10-27-18-6-3-13-11-14(21)4-5-15(13)20(18)22/h3-8,11-12H,2,9-10H2,1H3. The third kappa shape index (κ3) is 3.93. The van der Waals surface area contributed by atoms with Crippen LogP contribution in [0.5, 0.6) is 11.6 Å². The van der Waals surface area contributed by atoms with Gasteiger partial charge in [0.1, 0.15) is 18.1 Å². The van der Waals surface area contributed by atoms with Crippen LogP contribution in [0.1, 0.15) is 6.92 Å². The minimum atomic E-state index is 0.443. The lowest BCUT2D eigenvalue weighted by molar-refractivity contribution is 0.259. The van der Waals surface area contributed by atoms with Crippen LogP contribution in [0.2, 0.25) is 0 Å². The molecule has 0 radical (unpaired) electrons. The number of halogens is 2. The van der Waals surface area contributed by atoms with Crippen molar-refractivity contribution in [3.05, 3.63) is 57.6 Å². The fraction of sp³-hybridized carbons (Fsp3) is 0.200. The molecule has 4 aromatic rings. The van der Waals surface area contributed by atoms with Crippen LogP contribution in [0.15, 0.2) is 62.1 Å². The van der Waals surface area contributed by atoms with Gasteiger partial charge in [0.25, 0.3) is 0 Å².